The molecule has 1 unspecified atom stereocenters. The molecule has 134 valence electrons. The number of aryl methyl sites for hydroxylation is 1. The molecular formula is C18H25N5OS. The van der Waals surface area contributed by atoms with Crippen LogP contribution in [0.25, 0.3) is 0 Å². The lowest BCUT2D eigenvalue weighted by molar-refractivity contribution is -0.115. The van der Waals surface area contributed by atoms with Crippen LogP contribution in [-0.4, -0.2) is 40.0 Å². The number of hydrogen-bond acceptors (Lipinski definition) is 5. The minimum atomic E-state index is -0.231. The minimum absolute atomic E-state index is 0.0198. The molecule has 0 spiro atoms. The molecule has 1 aromatic carbocycles. The fourth-order valence-corrected chi connectivity index (χ4v) is 3.74. The average molecular weight is 359 g/mol. The minimum Gasteiger partial charge on any atom is -0.378 e. The van der Waals surface area contributed by atoms with Crippen LogP contribution < -0.4 is 10.2 Å². The van der Waals surface area contributed by atoms with Gasteiger partial charge >= 0.3 is 0 Å². The zero-order valence-electron chi connectivity index (χ0n) is 15.0. The lowest BCUT2D eigenvalue weighted by Crippen LogP contribution is -2.23. The second-order valence-electron chi connectivity index (χ2n) is 6.55. The van der Waals surface area contributed by atoms with Gasteiger partial charge in [0.2, 0.25) is 5.91 Å². The fourth-order valence-electron chi connectivity index (χ4n) is 2.84. The van der Waals surface area contributed by atoms with E-state index in [4.69, 9.17) is 0 Å². The molecule has 1 amide bonds. The van der Waals surface area contributed by atoms with Gasteiger partial charge in [0.15, 0.2) is 5.16 Å². The first kappa shape index (κ1) is 17.8. The highest BCUT2D eigenvalue weighted by Gasteiger charge is 2.21. The van der Waals surface area contributed by atoms with E-state index in [9.17, 15) is 4.79 Å². The van der Waals surface area contributed by atoms with E-state index in [-0.39, 0.29) is 11.2 Å². The Balaban J connectivity index is 1.62. The molecule has 1 N–H and O–H groups in total. The highest BCUT2D eigenvalue weighted by molar-refractivity contribution is 8.00. The Morgan fingerprint density at radius 2 is 1.96 bits per heavy atom. The van der Waals surface area contributed by atoms with Crippen molar-refractivity contribution >= 4 is 29.0 Å². The van der Waals surface area contributed by atoms with E-state index < -0.39 is 0 Å². The summed E-state index contributed by atoms with van der Waals surface area (Å²) in [5.74, 6) is 1.03. The standard InChI is InChI=1S/C18H25N5OS/c1-13(17(24)19-14-8-10-15(11-9-14)22(2)3)25-18-21-20-16-7-5-4-6-12-23(16)18/h8-11,13H,4-7,12H2,1-3H3,(H,19,24). The number of hydrogen-bond donors (Lipinski definition) is 1. The average Bonchev–Trinajstić information content (AvgIpc) is 2.82. The Kier molecular flexibility index (Phi) is 5.63. The Hall–Kier alpha value is -2.02. The maximum absolute atomic E-state index is 12.5. The van der Waals surface area contributed by atoms with Gasteiger partial charge in [-0.3, -0.25) is 4.79 Å². The molecule has 0 saturated heterocycles. The van der Waals surface area contributed by atoms with Crippen molar-refractivity contribution in [2.75, 3.05) is 24.3 Å². The summed E-state index contributed by atoms with van der Waals surface area (Å²) in [5.41, 5.74) is 1.91. The maximum atomic E-state index is 12.5. The number of thioether (sulfide) groups is 1. The summed E-state index contributed by atoms with van der Waals surface area (Å²) in [6, 6.07) is 7.83. The van der Waals surface area contributed by atoms with Gasteiger partial charge in [-0.2, -0.15) is 0 Å². The predicted molar refractivity (Wildman–Crippen MR) is 102 cm³/mol. The van der Waals surface area contributed by atoms with Crippen molar-refractivity contribution in [3.63, 3.8) is 0 Å². The van der Waals surface area contributed by atoms with Crippen molar-refractivity contribution in [3.05, 3.63) is 30.1 Å². The summed E-state index contributed by atoms with van der Waals surface area (Å²) in [7, 11) is 3.99. The van der Waals surface area contributed by atoms with Crippen LogP contribution in [0.2, 0.25) is 0 Å². The van der Waals surface area contributed by atoms with Gasteiger partial charge in [0.25, 0.3) is 0 Å². The number of rotatable bonds is 5. The molecule has 2 aromatic rings. The van der Waals surface area contributed by atoms with Crippen LogP contribution in [0.15, 0.2) is 29.4 Å². The zero-order chi connectivity index (χ0) is 17.8. The van der Waals surface area contributed by atoms with Gasteiger partial charge in [-0.05, 0) is 44.0 Å². The summed E-state index contributed by atoms with van der Waals surface area (Å²) in [4.78, 5) is 14.5. The van der Waals surface area contributed by atoms with Gasteiger partial charge in [0.05, 0.1) is 5.25 Å². The Morgan fingerprint density at radius 1 is 1.20 bits per heavy atom. The molecule has 2 heterocycles. The first-order valence-corrected chi connectivity index (χ1v) is 9.59. The van der Waals surface area contributed by atoms with Crippen molar-refractivity contribution in [3.8, 4) is 0 Å². The SMILES string of the molecule is CC(Sc1nnc2n1CCCCC2)C(=O)Nc1ccc(N(C)C)cc1. The number of anilines is 2. The summed E-state index contributed by atoms with van der Waals surface area (Å²) >= 11 is 1.48. The molecule has 0 fully saturated rings. The van der Waals surface area contributed by atoms with Gasteiger partial charge in [0, 0.05) is 38.4 Å². The van der Waals surface area contributed by atoms with E-state index in [1.807, 2.05) is 50.2 Å². The molecule has 25 heavy (non-hydrogen) atoms. The van der Waals surface area contributed by atoms with Crippen molar-refractivity contribution in [2.24, 2.45) is 0 Å². The molecule has 6 nitrogen and oxygen atoms in total. The fraction of sp³-hybridized carbons (Fsp3) is 0.500. The second kappa shape index (κ2) is 7.91. The summed E-state index contributed by atoms with van der Waals surface area (Å²) < 4.78 is 2.17. The van der Waals surface area contributed by atoms with Crippen LogP contribution >= 0.6 is 11.8 Å². The number of fused-ring (bicyclic) bond motifs is 1. The van der Waals surface area contributed by atoms with Crippen LogP contribution in [-0.2, 0) is 17.8 Å². The van der Waals surface area contributed by atoms with Gasteiger partial charge in [0.1, 0.15) is 5.82 Å². The molecule has 0 bridgehead atoms. The van der Waals surface area contributed by atoms with Gasteiger partial charge < -0.3 is 14.8 Å². The number of carbonyl (C=O) groups is 1. The molecule has 1 atom stereocenters. The van der Waals surface area contributed by atoms with Crippen LogP contribution in [0.1, 0.15) is 32.0 Å². The van der Waals surface area contributed by atoms with E-state index in [1.54, 1.807) is 0 Å². The normalized spacial score (nSPS) is 15.2. The molecular weight excluding hydrogens is 334 g/mol. The number of nitrogens with zero attached hydrogens (tertiary/aromatic N) is 4. The highest BCUT2D eigenvalue weighted by Crippen LogP contribution is 2.26. The Morgan fingerprint density at radius 3 is 2.68 bits per heavy atom. The molecule has 1 aliphatic rings. The monoisotopic (exact) mass is 359 g/mol. The quantitative estimate of drug-likeness (QED) is 0.831. The van der Waals surface area contributed by atoms with Crippen LogP contribution in [0.3, 0.4) is 0 Å². The Labute approximate surface area is 153 Å². The van der Waals surface area contributed by atoms with Crippen LogP contribution in [0, 0.1) is 0 Å². The van der Waals surface area contributed by atoms with Crippen LogP contribution in [0.4, 0.5) is 11.4 Å². The van der Waals surface area contributed by atoms with E-state index in [0.29, 0.717) is 0 Å². The second-order valence-corrected chi connectivity index (χ2v) is 7.86. The first-order chi connectivity index (χ1) is 12.0. The smallest absolute Gasteiger partial charge is 0.237 e. The number of nitrogens with one attached hydrogen (secondary N) is 1. The molecule has 3 rings (SSSR count). The number of amides is 1. The largest absolute Gasteiger partial charge is 0.378 e. The summed E-state index contributed by atoms with van der Waals surface area (Å²) in [6.07, 6.45) is 4.53. The molecule has 0 radical (unpaired) electrons. The molecule has 1 aliphatic heterocycles. The summed E-state index contributed by atoms with van der Waals surface area (Å²) in [5, 5.41) is 12.2. The lowest BCUT2D eigenvalue weighted by atomic mass is 10.2. The molecule has 1 aromatic heterocycles. The predicted octanol–water partition coefficient (Wildman–Crippen LogP) is 3.19. The molecule has 7 heteroatoms. The number of carbonyl (C=O) groups excluding carboxylic acids is 1. The highest BCUT2D eigenvalue weighted by atomic mass is 32.2. The Bertz CT molecular complexity index is 726. The third-order valence-corrected chi connectivity index (χ3v) is 5.46. The van der Waals surface area contributed by atoms with Crippen molar-refractivity contribution in [2.45, 2.75) is 49.6 Å². The molecule has 0 aliphatic carbocycles. The van der Waals surface area contributed by atoms with Gasteiger partial charge in [-0.1, -0.05) is 18.2 Å². The van der Waals surface area contributed by atoms with E-state index in [0.717, 1.165) is 41.7 Å². The van der Waals surface area contributed by atoms with Crippen molar-refractivity contribution in [1.82, 2.24) is 14.8 Å². The topological polar surface area (TPSA) is 63.1 Å². The lowest BCUT2D eigenvalue weighted by Gasteiger charge is -2.15. The van der Waals surface area contributed by atoms with E-state index in [2.05, 4.69) is 20.1 Å². The maximum Gasteiger partial charge on any atom is 0.237 e. The van der Waals surface area contributed by atoms with E-state index >= 15 is 0 Å². The zero-order valence-corrected chi connectivity index (χ0v) is 15.8. The first-order valence-electron chi connectivity index (χ1n) is 8.71. The van der Waals surface area contributed by atoms with Crippen molar-refractivity contribution < 1.29 is 4.79 Å². The van der Waals surface area contributed by atoms with E-state index in [1.165, 1.54) is 24.6 Å². The van der Waals surface area contributed by atoms with Gasteiger partial charge in [-0.15, -0.1) is 10.2 Å². The number of aromatic nitrogens is 3. The third-order valence-electron chi connectivity index (χ3n) is 4.38. The van der Waals surface area contributed by atoms with Crippen LogP contribution in [0.5, 0.6) is 0 Å². The summed E-state index contributed by atoms with van der Waals surface area (Å²) in [6.45, 7) is 2.86. The third kappa shape index (κ3) is 4.34. The molecule has 0 saturated carbocycles. The van der Waals surface area contributed by atoms with Gasteiger partial charge in [-0.25, -0.2) is 0 Å². The van der Waals surface area contributed by atoms with Crippen molar-refractivity contribution in [1.29, 1.82) is 0 Å². The number of benzene rings is 1.